The Morgan fingerprint density at radius 1 is 0.615 bits per heavy atom. The molecule has 9 aromatic rings. The molecular formula is C48H39N3O. The number of nitrogens with zero attached hydrogens (tertiary/aromatic N) is 3. The highest BCUT2D eigenvalue weighted by molar-refractivity contribution is 6.09. The summed E-state index contributed by atoms with van der Waals surface area (Å²) in [5, 5.41) is 1.85. The zero-order valence-corrected chi connectivity index (χ0v) is 29.4. The van der Waals surface area contributed by atoms with Gasteiger partial charge in [-0.1, -0.05) is 148 Å². The summed E-state index contributed by atoms with van der Waals surface area (Å²) in [7, 11) is 0. The van der Waals surface area contributed by atoms with Crippen molar-refractivity contribution in [3.8, 4) is 44.9 Å². The number of pyridine rings is 1. The fourth-order valence-electron chi connectivity index (χ4n) is 7.28. The Bertz CT molecular complexity index is 2790. The minimum atomic E-state index is -2.16. The summed E-state index contributed by atoms with van der Waals surface area (Å²) < 4.78 is 32.2. The quantitative estimate of drug-likeness (QED) is 0.176. The topological polar surface area (TPSA) is 43.9 Å². The monoisotopic (exact) mass is 676 g/mol. The molecule has 52 heavy (non-hydrogen) atoms. The number of aromatic nitrogens is 3. The highest BCUT2D eigenvalue weighted by Gasteiger charge is 2.24. The van der Waals surface area contributed by atoms with Crippen molar-refractivity contribution in [1.82, 2.24) is 14.5 Å². The maximum Gasteiger partial charge on any atom is 0.227 e. The fraction of sp³-hybridized carbons (Fsp3) is 0.125. The number of hydrogen-bond donors (Lipinski definition) is 0. The van der Waals surface area contributed by atoms with Crippen molar-refractivity contribution in [1.29, 1.82) is 0 Å². The summed E-state index contributed by atoms with van der Waals surface area (Å²) in [4.78, 5) is 10.2. The predicted octanol–water partition coefficient (Wildman–Crippen LogP) is 12.7. The number of imidazole rings is 1. The standard InChI is InChI=1S/C48H39N3O/c1-31-22-24-34(25-23-31)42-27-26-37-36-18-13-19-38(45(36)52-47(37)50-42)46-49-43-20-11-12-21-44(43)51(46)30-41-39(32-14-7-5-8-15-32)28-35(48(2,3)4)29-40(41)33-16-9-6-10-17-33/h5-29H,30H2,1-4H3/i1D3. The summed E-state index contributed by atoms with van der Waals surface area (Å²) >= 11 is 0. The molecule has 0 unspecified atom stereocenters. The van der Waals surface area contributed by atoms with Crippen molar-refractivity contribution in [2.45, 2.75) is 39.6 Å². The smallest absolute Gasteiger partial charge is 0.227 e. The number of fused-ring (bicyclic) bond motifs is 4. The molecule has 0 aliphatic heterocycles. The van der Waals surface area contributed by atoms with Crippen LogP contribution in [-0.2, 0) is 12.0 Å². The fourth-order valence-corrected chi connectivity index (χ4v) is 7.28. The van der Waals surface area contributed by atoms with Gasteiger partial charge in [-0.05, 0) is 76.0 Å². The van der Waals surface area contributed by atoms with E-state index in [9.17, 15) is 0 Å². The molecule has 0 saturated heterocycles. The van der Waals surface area contributed by atoms with Gasteiger partial charge in [0, 0.05) is 20.4 Å². The molecule has 4 heteroatoms. The molecule has 0 N–H and O–H groups in total. The molecule has 3 aromatic heterocycles. The van der Waals surface area contributed by atoms with Gasteiger partial charge in [-0.3, -0.25) is 0 Å². The third-order valence-electron chi connectivity index (χ3n) is 10.0. The van der Waals surface area contributed by atoms with E-state index in [1.165, 1.54) is 33.4 Å². The predicted molar refractivity (Wildman–Crippen MR) is 216 cm³/mol. The van der Waals surface area contributed by atoms with Gasteiger partial charge in [0.2, 0.25) is 5.71 Å². The first-order chi connectivity index (χ1) is 26.5. The van der Waals surface area contributed by atoms with E-state index in [4.69, 9.17) is 18.5 Å². The van der Waals surface area contributed by atoms with Gasteiger partial charge in [0.1, 0.15) is 11.4 Å². The van der Waals surface area contributed by atoms with Crippen LogP contribution in [0.15, 0.2) is 156 Å². The molecule has 6 aromatic carbocycles. The average molecular weight is 677 g/mol. The third-order valence-corrected chi connectivity index (χ3v) is 10.0. The van der Waals surface area contributed by atoms with Crippen LogP contribution >= 0.6 is 0 Å². The lowest BCUT2D eigenvalue weighted by Crippen LogP contribution is -2.13. The van der Waals surface area contributed by atoms with Crippen molar-refractivity contribution >= 4 is 33.1 Å². The van der Waals surface area contributed by atoms with E-state index in [0.717, 1.165) is 38.8 Å². The van der Waals surface area contributed by atoms with Gasteiger partial charge in [-0.25, -0.2) is 9.97 Å². The van der Waals surface area contributed by atoms with Gasteiger partial charge < -0.3 is 8.98 Å². The molecular weight excluding hydrogens is 635 g/mol. The zero-order chi connectivity index (χ0) is 37.9. The zero-order valence-electron chi connectivity index (χ0n) is 32.4. The molecule has 0 spiro atoms. The lowest BCUT2D eigenvalue weighted by molar-refractivity contribution is 0.590. The number of aryl methyl sites for hydroxylation is 1. The molecule has 0 atom stereocenters. The van der Waals surface area contributed by atoms with Gasteiger partial charge in [-0.2, -0.15) is 0 Å². The van der Waals surface area contributed by atoms with E-state index < -0.39 is 6.85 Å². The number of para-hydroxylation sites is 3. The Balaban J connectivity index is 1.24. The Morgan fingerprint density at radius 3 is 1.96 bits per heavy atom. The summed E-state index contributed by atoms with van der Waals surface area (Å²) in [6.07, 6.45) is 0. The van der Waals surface area contributed by atoms with Crippen LogP contribution in [0.5, 0.6) is 0 Å². The van der Waals surface area contributed by atoms with Crippen LogP contribution in [0.3, 0.4) is 0 Å². The van der Waals surface area contributed by atoms with Gasteiger partial charge in [0.15, 0.2) is 0 Å². The SMILES string of the molecule is [2H]C([2H])([2H])c1ccc(-c2ccc3c(n2)oc2c(-c4nc5ccccc5n4Cc4c(-c5ccccc5)cc(C(C)(C)C)cc4-c4ccccc4)cccc23)cc1. The molecule has 0 aliphatic rings. The van der Waals surface area contributed by atoms with Crippen molar-refractivity contribution in [3.63, 3.8) is 0 Å². The number of rotatable bonds is 6. The van der Waals surface area contributed by atoms with E-state index in [-0.39, 0.29) is 5.41 Å². The van der Waals surface area contributed by atoms with Gasteiger partial charge in [0.25, 0.3) is 0 Å². The maximum atomic E-state index is 7.75. The van der Waals surface area contributed by atoms with Crippen LogP contribution in [0.25, 0.3) is 78.0 Å². The molecule has 0 amide bonds. The molecule has 4 nitrogen and oxygen atoms in total. The average Bonchev–Trinajstić information content (AvgIpc) is 3.76. The highest BCUT2D eigenvalue weighted by Crippen LogP contribution is 2.41. The first-order valence-electron chi connectivity index (χ1n) is 19.2. The molecule has 0 fully saturated rings. The van der Waals surface area contributed by atoms with Crippen LogP contribution in [0.2, 0.25) is 0 Å². The highest BCUT2D eigenvalue weighted by atomic mass is 16.3. The van der Waals surface area contributed by atoms with E-state index in [1.54, 1.807) is 24.3 Å². The number of hydrogen-bond acceptors (Lipinski definition) is 3. The van der Waals surface area contributed by atoms with Gasteiger partial charge in [0.05, 0.1) is 28.8 Å². The second-order valence-corrected chi connectivity index (χ2v) is 14.5. The Morgan fingerprint density at radius 2 is 1.29 bits per heavy atom. The van der Waals surface area contributed by atoms with Crippen molar-refractivity contribution < 1.29 is 8.53 Å². The summed E-state index contributed by atoms with van der Waals surface area (Å²) in [5.41, 5.74) is 13.0. The molecule has 0 bridgehead atoms. The molecule has 9 rings (SSSR count). The van der Waals surface area contributed by atoms with E-state index in [0.29, 0.717) is 29.1 Å². The van der Waals surface area contributed by atoms with Gasteiger partial charge >= 0.3 is 0 Å². The van der Waals surface area contributed by atoms with Crippen LogP contribution in [0, 0.1) is 6.85 Å². The van der Waals surface area contributed by atoms with Crippen molar-refractivity contribution in [2.75, 3.05) is 0 Å². The normalized spacial score (nSPS) is 13.0. The van der Waals surface area contributed by atoms with Gasteiger partial charge in [-0.15, -0.1) is 0 Å². The summed E-state index contributed by atoms with van der Waals surface area (Å²) in [6.45, 7) is 5.22. The molecule has 0 aliphatic carbocycles. The molecule has 0 radical (unpaired) electrons. The molecule has 0 saturated carbocycles. The largest absolute Gasteiger partial charge is 0.437 e. The second kappa shape index (κ2) is 12.5. The Labute approximate surface area is 308 Å². The minimum absolute atomic E-state index is 0.0650. The minimum Gasteiger partial charge on any atom is -0.437 e. The summed E-state index contributed by atoms with van der Waals surface area (Å²) in [6, 6.07) is 51.5. The summed E-state index contributed by atoms with van der Waals surface area (Å²) in [5.74, 6) is 0.809. The maximum absolute atomic E-state index is 7.75. The Kier molecular flexibility index (Phi) is 6.84. The molecule has 252 valence electrons. The van der Waals surface area contributed by atoms with Crippen LogP contribution in [0.4, 0.5) is 0 Å². The lowest BCUT2D eigenvalue weighted by Gasteiger charge is -2.25. The van der Waals surface area contributed by atoms with Crippen LogP contribution < -0.4 is 0 Å². The Hall–Kier alpha value is -6.26. The lowest BCUT2D eigenvalue weighted by atomic mass is 9.81. The first kappa shape index (κ1) is 28.4. The van der Waals surface area contributed by atoms with Crippen LogP contribution in [0.1, 0.15) is 41.6 Å². The van der Waals surface area contributed by atoms with E-state index in [1.807, 2.05) is 18.2 Å². The van der Waals surface area contributed by atoms with E-state index in [2.05, 4.69) is 135 Å². The van der Waals surface area contributed by atoms with E-state index >= 15 is 0 Å². The number of furan rings is 1. The second-order valence-electron chi connectivity index (χ2n) is 14.5. The van der Waals surface area contributed by atoms with Crippen LogP contribution in [-0.4, -0.2) is 14.5 Å². The molecule has 3 heterocycles. The third kappa shape index (κ3) is 5.57. The first-order valence-corrected chi connectivity index (χ1v) is 17.7. The van der Waals surface area contributed by atoms with Crippen molar-refractivity contribution in [2.24, 2.45) is 0 Å². The number of benzene rings is 6. The van der Waals surface area contributed by atoms with Crippen molar-refractivity contribution in [3.05, 3.63) is 168 Å².